The number of aromatic nitrogens is 1. The number of nitrogens with one attached hydrogen (secondary N) is 1. The van der Waals surface area contributed by atoms with E-state index in [2.05, 4.69) is 10.3 Å². The molecule has 0 aliphatic carbocycles. The molecule has 1 aliphatic rings. The maximum atomic E-state index is 12.3. The van der Waals surface area contributed by atoms with Crippen LogP contribution in [0, 0.1) is 18.3 Å². The van der Waals surface area contributed by atoms with Crippen molar-refractivity contribution in [3.8, 4) is 11.8 Å². The molecular weight excluding hydrogens is 318 g/mol. The van der Waals surface area contributed by atoms with Crippen LogP contribution in [0.2, 0.25) is 0 Å². The standard InChI is InChI=1S/C19H19N3O3/c1-12-17-16(11-24-19(2,3)25-17)15(9-21-12)10-22-18(23)14-6-4-13(8-20)5-7-14/h4-7,9H,10-11H2,1-3H3,(H,22,23). The lowest BCUT2D eigenvalue weighted by atomic mass is 10.1. The van der Waals surface area contributed by atoms with E-state index >= 15 is 0 Å². The summed E-state index contributed by atoms with van der Waals surface area (Å²) in [5, 5.41) is 11.7. The molecule has 1 aromatic carbocycles. The molecule has 128 valence electrons. The number of carbonyl (C=O) groups is 1. The Morgan fingerprint density at radius 3 is 2.76 bits per heavy atom. The molecule has 2 aromatic rings. The zero-order valence-corrected chi connectivity index (χ0v) is 14.4. The molecule has 0 radical (unpaired) electrons. The van der Waals surface area contributed by atoms with E-state index < -0.39 is 5.79 Å². The number of nitriles is 1. The molecule has 0 bridgehead atoms. The maximum Gasteiger partial charge on any atom is 0.251 e. The van der Waals surface area contributed by atoms with Crippen LogP contribution in [0.1, 0.15) is 46.6 Å². The van der Waals surface area contributed by atoms with Crippen molar-refractivity contribution in [1.82, 2.24) is 10.3 Å². The van der Waals surface area contributed by atoms with Crippen molar-refractivity contribution >= 4 is 5.91 Å². The van der Waals surface area contributed by atoms with Gasteiger partial charge < -0.3 is 14.8 Å². The third kappa shape index (κ3) is 3.62. The number of hydrogen-bond acceptors (Lipinski definition) is 5. The third-order valence-corrected chi connectivity index (χ3v) is 4.03. The number of ether oxygens (including phenoxy) is 2. The second kappa shape index (κ2) is 6.54. The molecule has 3 rings (SSSR count). The molecule has 2 heterocycles. The van der Waals surface area contributed by atoms with E-state index in [4.69, 9.17) is 14.7 Å². The maximum absolute atomic E-state index is 12.3. The summed E-state index contributed by atoms with van der Waals surface area (Å²) in [6.07, 6.45) is 1.73. The fourth-order valence-electron chi connectivity index (χ4n) is 2.62. The number of hydrogen-bond donors (Lipinski definition) is 1. The highest BCUT2D eigenvalue weighted by Gasteiger charge is 2.30. The first-order valence-corrected chi connectivity index (χ1v) is 7.98. The lowest BCUT2D eigenvalue weighted by Gasteiger charge is -2.34. The van der Waals surface area contributed by atoms with Crippen molar-refractivity contribution in [3.05, 3.63) is 58.4 Å². The summed E-state index contributed by atoms with van der Waals surface area (Å²) in [4.78, 5) is 16.6. The van der Waals surface area contributed by atoms with Gasteiger partial charge in [-0.1, -0.05) is 0 Å². The summed E-state index contributed by atoms with van der Waals surface area (Å²) < 4.78 is 11.6. The Kier molecular flexibility index (Phi) is 4.43. The highest BCUT2D eigenvalue weighted by molar-refractivity contribution is 5.94. The fourth-order valence-corrected chi connectivity index (χ4v) is 2.62. The lowest BCUT2D eigenvalue weighted by Crippen LogP contribution is -2.36. The normalized spacial score (nSPS) is 14.8. The average Bonchev–Trinajstić information content (AvgIpc) is 2.60. The van der Waals surface area contributed by atoms with Crippen LogP contribution in [0.25, 0.3) is 0 Å². The molecule has 1 N–H and O–H groups in total. The van der Waals surface area contributed by atoms with E-state index in [0.29, 0.717) is 24.3 Å². The molecule has 0 saturated carbocycles. The Balaban J connectivity index is 1.75. The second-order valence-corrected chi connectivity index (χ2v) is 6.34. The Hall–Kier alpha value is -2.91. The molecule has 0 atom stereocenters. The van der Waals surface area contributed by atoms with Crippen molar-refractivity contribution in [2.45, 2.75) is 39.7 Å². The largest absolute Gasteiger partial charge is 0.461 e. The zero-order chi connectivity index (χ0) is 18.0. The first-order valence-electron chi connectivity index (χ1n) is 7.98. The minimum atomic E-state index is -0.691. The second-order valence-electron chi connectivity index (χ2n) is 6.34. The van der Waals surface area contributed by atoms with Gasteiger partial charge in [0.05, 0.1) is 23.9 Å². The predicted octanol–water partition coefficient (Wildman–Crippen LogP) is 2.84. The lowest BCUT2D eigenvalue weighted by molar-refractivity contribution is -0.180. The number of aryl methyl sites for hydroxylation is 1. The number of pyridine rings is 1. The van der Waals surface area contributed by atoms with Crippen molar-refractivity contribution in [1.29, 1.82) is 5.26 Å². The first-order chi connectivity index (χ1) is 11.9. The monoisotopic (exact) mass is 337 g/mol. The van der Waals surface area contributed by atoms with E-state index in [9.17, 15) is 4.79 Å². The van der Waals surface area contributed by atoms with Gasteiger partial charge in [-0.15, -0.1) is 0 Å². The summed E-state index contributed by atoms with van der Waals surface area (Å²) in [5.41, 5.74) is 3.59. The minimum absolute atomic E-state index is 0.211. The smallest absolute Gasteiger partial charge is 0.251 e. The van der Waals surface area contributed by atoms with Crippen molar-refractivity contribution in [2.24, 2.45) is 0 Å². The minimum Gasteiger partial charge on any atom is -0.461 e. The molecule has 0 unspecified atom stereocenters. The average molecular weight is 337 g/mol. The van der Waals surface area contributed by atoms with E-state index in [-0.39, 0.29) is 5.91 Å². The van der Waals surface area contributed by atoms with E-state index in [1.807, 2.05) is 26.8 Å². The molecule has 0 saturated heterocycles. The Labute approximate surface area is 146 Å². The van der Waals surface area contributed by atoms with Crippen LogP contribution >= 0.6 is 0 Å². The summed E-state index contributed by atoms with van der Waals surface area (Å²) in [7, 11) is 0. The van der Waals surface area contributed by atoms with Crippen molar-refractivity contribution in [3.63, 3.8) is 0 Å². The van der Waals surface area contributed by atoms with Crippen LogP contribution in [0.3, 0.4) is 0 Å². The predicted molar refractivity (Wildman–Crippen MR) is 90.8 cm³/mol. The van der Waals surface area contributed by atoms with Gasteiger partial charge in [0.15, 0.2) is 0 Å². The Morgan fingerprint density at radius 1 is 1.36 bits per heavy atom. The number of amides is 1. The molecule has 1 aliphatic heterocycles. The fraction of sp³-hybridized carbons (Fsp3) is 0.316. The summed E-state index contributed by atoms with van der Waals surface area (Å²) in [6, 6.07) is 8.53. The molecule has 25 heavy (non-hydrogen) atoms. The Bertz CT molecular complexity index is 851. The number of nitrogens with zero attached hydrogens (tertiary/aromatic N) is 2. The third-order valence-electron chi connectivity index (χ3n) is 4.03. The number of benzene rings is 1. The molecule has 1 amide bonds. The summed E-state index contributed by atoms with van der Waals surface area (Å²) >= 11 is 0. The number of carbonyl (C=O) groups excluding carboxylic acids is 1. The van der Waals surface area contributed by atoms with Gasteiger partial charge in [-0.05, 0) is 36.8 Å². The van der Waals surface area contributed by atoms with Crippen LogP contribution in [0.5, 0.6) is 5.75 Å². The summed E-state index contributed by atoms with van der Waals surface area (Å²) in [5.74, 6) is -0.178. The van der Waals surface area contributed by atoms with Crippen LogP contribution < -0.4 is 10.1 Å². The van der Waals surface area contributed by atoms with E-state index in [1.165, 1.54) is 0 Å². The Morgan fingerprint density at radius 2 is 2.08 bits per heavy atom. The van der Waals surface area contributed by atoms with Crippen LogP contribution in [0.4, 0.5) is 0 Å². The van der Waals surface area contributed by atoms with E-state index in [1.54, 1.807) is 30.5 Å². The van der Waals surface area contributed by atoms with Crippen LogP contribution in [0.15, 0.2) is 30.5 Å². The van der Waals surface area contributed by atoms with Gasteiger partial charge in [-0.3, -0.25) is 9.78 Å². The molecule has 6 heteroatoms. The molecule has 1 aromatic heterocycles. The van der Waals surface area contributed by atoms with Gasteiger partial charge in [0, 0.05) is 37.7 Å². The van der Waals surface area contributed by atoms with Gasteiger partial charge in [-0.25, -0.2) is 0 Å². The van der Waals surface area contributed by atoms with Crippen LogP contribution in [-0.2, 0) is 17.9 Å². The number of fused-ring (bicyclic) bond motifs is 1. The van der Waals surface area contributed by atoms with Crippen molar-refractivity contribution in [2.75, 3.05) is 0 Å². The SMILES string of the molecule is Cc1ncc(CNC(=O)c2ccc(C#N)cc2)c2c1OC(C)(C)OC2. The van der Waals surface area contributed by atoms with E-state index in [0.717, 1.165) is 22.6 Å². The first kappa shape index (κ1) is 16.9. The summed E-state index contributed by atoms with van der Waals surface area (Å²) in [6.45, 7) is 6.33. The highest BCUT2D eigenvalue weighted by atomic mass is 16.7. The van der Waals surface area contributed by atoms with Crippen LogP contribution in [-0.4, -0.2) is 16.7 Å². The molecule has 0 spiro atoms. The van der Waals surface area contributed by atoms with Gasteiger partial charge in [0.2, 0.25) is 5.79 Å². The van der Waals surface area contributed by atoms with Gasteiger partial charge in [-0.2, -0.15) is 5.26 Å². The molecular formula is C19H19N3O3. The molecule has 0 fully saturated rings. The quantitative estimate of drug-likeness (QED) is 0.931. The van der Waals surface area contributed by atoms with Gasteiger partial charge in [0.25, 0.3) is 5.91 Å². The molecule has 6 nitrogen and oxygen atoms in total. The van der Waals surface area contributed by atoms with Gasteiger partial charge in [0.1, 0.15) is 5.75 Å². The highest BCUT2D eigenvalue weighted by Crippen LogP contribution is 2.35. The topological polar surface area (TPSA) is 84.2 Å². The van der Waals surface area contributed by atoms with Gasteiger partial charge >= 0.3 is 0 Å². The number of rotatable bonds is 3. The van der Waals surface area contributed by atoms with Crippen molar-refractivity contribution < 1.29 is 14.3 Å². The zero-order valence-electron chi connectivity index (χ0n) is 14.4.